The van der Waals surface area contributed by atoms with Crippen molar-refractivity contribution in [3.05, 3.63) is 29.3 Å². The fraction of sp³-hybridized carbons (Fsp3) is 0.600. The van der Waals surface area contributed by atoms with Gasteiger partial charge in [0.15, 0.2) is 0 Å². The van der Waals surface area contributed by atoms with Crippen LogP contribution < -0.4 is 15.5 Å². The van der Waals surface area contributed by atoms with Crippen molar-refractivity contribution in [3.63, 3.8) is 0 Å². The van der Waals surface area contributed by atoms with Crippen LogP contribution in [0, 0.1) is 5.92 Å². The summed E-state index contributed by atoms with van der Waals surface area (Å²) in [5, 5.41) is 5.87. The maximum Gasteiger partial charge on any atom is 0.262 e. The third-order valence-electron chi connectivity index (χ3n) is 6.75. The molecular weight excluding hydrogens is 434 g/mol. The molecule has 9 nitrogen and oxygen atoms in total. The fourth-order valence-corrected chi connectivity index (χ4v) is 4.68. The van der Waals surface area contributed by atoms with Crippen molar-refractivity contribution < 1.29 is 19.2 Å². The summed E-state index contributed by atoms with van der Waals surface area (Å²) in [6, 6.07) is 4.36. The number of carbonyl (C=O) groups is 4. The largest absolute Gasteiger partial charge is 0.372 e. The highest BCUT2D eigenvalue weighted by Gasteiger charge is 2.40. The molecule has 2 atom stereocenters. The fourth-order valence-electron chi connectivity index (χ4n) is 4.68. The molecule has 0 aliphatic carbocycles. The number of nitrogens with one attached hydrogen (secondary N) is 2. The van der Waals surface area contributed by atoms with Crippen LogP contribution in [0.5, 0.6) is 0 Å². The van der Waals surface area contributed by atoms with Crippen LogP contribution in [0.25, 0.3) is 0 Å². The van der Waals surface area contributed by atoms with E-state index in [0.717, 1.165) is 62.8 Å². The molecule has 186 valence electrons. The van der Waals surface area contributed by atoms with Crippen LogP contribution in [0.3, 0.4) is 0 Å². The molecule has 2 N–H and O–H groups in total. The van der Waals surface area contributed by atoms with Crippen LogP contribution in [-0.4, -0.2) is 92.7 Å². The minimum atomic E-state index is -0.957. The third kappa shape index (κ3) is 6.01. The third-order valence-corrected chi connectivity index (χ3v) is 6.75. The molecule has 1 saturated heterocycles. The monoisotopic (exact) mass is 471 g/mol. The van der Waals surface area contributed by atoms with E-state index >= 15 is 0 Å². The van der Waals surface area contributed by atoms with Gasteiger partial charge in [-0.1, -0.05) is 6.92 Å². The Labute approximate surface area is 201 Å². The highest BCUT2D eigenvalue weighted by molar-refractivity contribution is 6.22. The van der Waals surface area contributed by atoms with Crippen molar-refractivity contribution in [1.29, 1.82) is 0 Å². The summed E-state index contributed by atoms with van der Waals surface area (Å²) in [7, 11) is 1.51. The van der Waals surface area contributed by atoms with Gasteiger partial charge in [-0.15, -0.1) is 0 Å². The lowest BCUT2D eigenvalue weighted by Gasteiger charge is -2.31. The van der Waals surface area contributed by atoms with Gasteiger partial charge in [0.05, 0.1) is 17.2 Å². The van der Waals surface area contributed by atoms with Crippen LogP contribution in [0.15, 0.2) is 18.2 Å². The number of amides is 3. The normalized spacial score (nSPS) is 17.9. The Bertz CT molecular complexity index is 899. The summed E-state index contributed by atoms with van der Waals surface area (Å²) in [5.41, 5.74) is 1.52. The molecule has 2 heterocycles. The zero-order chi connectivity index (χ0) is 24.7. The zero-order valence-electron chi connectivity index (χ0n) is 20.5. The van der Waals surface area contributed by atoms with Crippen LogP contribution in [0.1, 0.15) is 53.8 Å². The topological polar surface area (TPSA) is 102 Å². The Balaban J connectivity index is 1.66. The van der Waals surface area contributed by atoms with Gasteiger partial charge in [0.2, 0.25) is 5.91 Å². The Hall–Kier alpha value is -2.78. The van der Waals surface area contributed by atoms with E-state index < -0.39 is 17.9 Å². The van der Waals surface area contributed by atoms with Gasteiger partial charge in [-0.05, 0) is 43.9 Å². The number of rotatable bonds is 12. The minimum Gasteiger partial charge on any atom is -0.372 e. The minimum absolute atomic E-state index is 0.0638. The number of hydrogen-bond acceptors (Lipinski definition) is 7. The van der Waals surface area contributed by atoms with E-state index in [1.165, 1.54) is 7.05 Å². The molecule has 0 radical (unpaired) electrons. The van der Waals surface area contributed by atoms with Crippen molar-refractivity contribution >= 4 is 29.7 Å². The number of anilines is 1. The molecular formula is C25H37N5O4. The molecule has 1 fully saturated rings. The lowest BCUT2D eigenvalue weighted by Crippen LogP contribution is -2.45. The maximum absolute atomic E-state index is 13.1. The molecule has 2 aliphatic rings. The summed E-state index contributed by atoms with van der Waals surface area (Å²) < 4.78 is 0. The smallest absolute Gasteiger partial charge is 0.262 e. The average Bonchev–Trinajstić information content (AvgIpc) is 3.10. The van der Waals surface area contributed by atoms with Crippen molar-refractivity contribution in [2.24, 2.45) is 5.92 Å². The van der Waals surface area contributed by atoms with Gasteiger partial charge in [-0.3, -0.25) is 19.3 Å². The van der Waals surface area contributed by atoms with E-state index in [4.69, 9.17) is 0 Å². The summed E-state index contributed by atoms with van der Waals surface area (Å²) in [5.74, 6) is -0.642. The first-order chi connectivity index (χ1) is 16.4. The Morgan fingerprint density at radius 2 is 1.88 bits per heavy atom. The van der Waals surface area contributed by atoms with E-state index in [0.29, 0.717) is 23.3 Å². The van der Waals surface area contributed by atoms with Crippen LogP contribution in [0.4, 0.5) is 5.69 Å². The predicted octanol–water partition coefficient (Wildman–Crippen LogP) is 1.13. The summed E-state index contributed by atoms with van der Waals surface area (Å²) in [6.45, 7) is 11.3. The number of fused-ring (bicyclic) bond motifs is 1. The Kier molecular flexibility index (Phi) is 9.18. The first kappa shape index (κ1) is 25.8. The summed E-state index contributed by atoms with van der Waals surface area (Å²) in [6.07, 6.45) is 1.77. The first-order valence-electron chi connectivity index (χ1n) is 12.2. The molecule has 0 bridgehead atoms. The van der Waals surface area contributed by atoms with Crippen LogP contribution in [-0.2, 0) is 9.59 Å². The molecule has 9 heteroatoms. The van der Waals surface area contributed by atoms with Crippen molar-refractivity contribution in [3.8, 4) is 0 Å². The molecule has 0 spiro atoms. The van der Waals surface area contributed by atoms with Gasteiger partial charge in [-0.25, -0.2) is 0 Å². The summed E-state index contributed by atoms with van der Waals surface area (Å²) in [4.78, 5) is 54.9. The number of piperazine rings is 1. The highest BCUT2D eigenvalue weighted by Crippen LogP contribution is 2.30. The standard InChI is InChI=1S/C25H37N5O4/c1-4-29(12-9-18(2)16-28-13-10-27-11-14-28)19-5-7-21-22(15-19)25(34)30(24(21)33)20(17-31)6-8-23(32)26-3/h5,7,15,17-18,20,27H,4,6,8-14,16H2,1-3H3,(H,26,32). The molecule has 34 heavy (non-hydrogen) atoms. The summed E-state index contributed by atoms with van der Waals surface area (Å²) >= 11 is 0. The van der Waals surface area contributed by atoms with Crippen molar-refractivity contribution in [2.75, 3.05) is 57.8 Å². The second-order valence-corrected chi connectivity index (χ2v) is 9.15. The Morgan fingerprint density at radius 3 is 2.53 bits per heavy atom. The number of hydrogen-bond donors (Lipinski definition) is 2. The maximum atomic E-state index is 13.1. The van der Waals surface area contributed by atoms with E-state index in [9.17, 15) is 19.2 Å². The van der Waals surface area contributed by atoms with Gasteiger partial charge in [0.1, 0.15) is 6.29 Å². The predicted molar refractivity (Wildman–Crippen MR) is 131 cm³/mol. The van der Waals surface area contributed by atoms with E-state index in [1.807, 2.05) is 6.07 Å². The molecule has 3 amide bonds. The van der Waals surface area contributed by atoms with Gasteiger partial charge in [0.25, 0.3) is 11.8 Å². The SMILES string of the molecule is CCN(CCC(C)CN1CCNCC1)c1ccc2c(c1)C(=O)N(C(C=O)CCC(=O)NC)C2=O. The van der Waals surface area contributed by atoms with Gasteiger partial charge in [-0.2, -0.15) is 0 Å². The van der Waals surface area contributed by atoms with Gasteiger partial charge in [0, 0.05) is 65.0 Å². The quantitative estimate of drug-likeness (QED) is 0.348. The second kappa shape index (κ2) is 12.1. The first-order valence-corrected chi connectivity index (χ1v) is 12.2. The van der Waals surface area contributed by atoms with E-state index in [1.54, 1.807) is 12.1 Å². The molecule has 1 aromatic rings. The van der Waals surface area contributed by atoms with Crippen molar-refractivity contribution in [1.82, 2.24) is 20.4 Å². The Morgan fingerprint density at radius 1 is 1.18 bits per heavy atom. The van der Waals surface area contributed by atoms with E-state index in [-0.39, 0.29) is 18.7 Å². The number of carbonyl (C=O) groups excluding carboxylic acids is 4. The van der Waals surface area contributed by atoms with Gasteiger partial charge >= 0.3 is 0 Å². The van der Waals surface area contributed by atoms with Gasteiger partial charge < -0.3 is 25.2 Å². The van der Waals surface area contributed by atoms with Crippen LogP contribution in [0.2, 0.25) is 0 Å². The number of nitrogens with zero attached hydrogens (tertiary/aromatic N) is 3. The number of benzene rings is 1. The molecule has 3 rings (SSSR count). The molecule has 0 saturated carbocycles. The van der Waals surface area contributed by atoms with Crippen molar-refractivity contribution in [2.45, 2.75) is 39.2 Å². The van der Waals surface area contributed by atoms with E-state index in [2.05, 4.69) is 34.3 Å². The van der Waals surface area contributed by atoms with Crippen LogP contribution >= 0.6 is 0 Å². The number of imide groups is 1. The molecule has 0 aromatic heterocycles. The lowest BCUT2D eigenvalue weighted by molar-refractivity contribution is -0.121. The molecule has 2 aliphatic heterocycles. The number of aldehydes is 1. The zero-order valence-corrected chi connectivity index (χ0v) is 20.5. The average molecular weight is 472 g/mol. The molecule has 1 aromatic carbocycles. The second-order valence-electron chi connectivity index (χ2n) is 9.15. The highest BCUT2D eigenvalue weighted by atomic mass is 16.2. The molecule has 2 unspecified atom stereocenters. The lowest BCUT2D eigenvalue weighted by atomic mass is 10.1.